The molecule has 0 unspecified atom stereocenters. The summed E-state index contributed by atoms with van der Waals surface area (Å²) < 4.78 is 5.63. The molecule has 12 heteroatoms. The normalized spacial score (nSPS) is 14.9. The molecule has 1 fully saturated rings. The summed E-state index contributed by atoms with van der Waals surface area (Å²) in [6, 6.07) is 1.66. The van der Waals surface area contributed by atoms with Crippen molar-refractivity contribution < 1.29 is 14.1 Å². The van der Waals surface area contributed by atoms with Crippen molar-refractivity contribution in [3.8, 4) is 0 Å². The number of aromatic nitrogens is 3. The Morgan fingerprint density at radius 1 is 1.31 bits per heavy atom. The maximum absolute atomic E-state index is 12.5. The second-order valence-electron chi connectivity index (χ2n) is 7.31. The topological polar surface area (TPSA) is 104 Å². The summed E-state index contributed by atoms with van der Waals surface area (Å²) in [5.41, 5.74) is -0.554. The number of anilines is 2. The monoisotopic (exact) mass is 458 g/mol. The lowest BCUT2D eigenvalue weighted by Crippen LogP contribution is -2.52. The number of piperazine rings is 1. The van der Waals surface area contributed by atoms with Crippen LogP contribution in [0.1, 0.15) is 19.6 Å². The Balaban J connectivity index is 1.47. The Morgan fingerprint density at radius 3 is 2.66 bits per heavy atom. The van der Waals surface area contributed by atoms with Crippen LogP contribution in [0.25, 0.3) is 0 Å². The van der Waals surface area contributed by atoms with Gasteiger partial charge in [-0.2, -0.15) is 0 Å². The van der Waals surface area contributed by atoms with Gasteiger partial charge in [-0.1, -0.05) is 28.3 Å². The van der Waals surface area contributed by atoms with E-state index in [1.165, 1.54) is 23.1 Å². The molecule has 2 aromatic heterocycles. The number of hydrogen-bond acceptors (Lipinski definition) is 9. The van der Waals surface area contributed by atoms with Crippen LogP contribution in [0.5, 0.6) is 0 Å². The minimum Gasteiger partial charge on any atom is -0.360 e. The lowest BCUT2D eigenvalue weighted by atomic mass is 9.94. The van der Waals surface area contributed by atoms with Crippen LogP contribution in [0.15, 0.2) is 14.9 Å². The van der Waals surface area contributed by atoms with Crippen LogP contribution in [-0.4, -0.2) is 69.9 Å². The number of carbonyl (C=O) groups is 2. The molecule has 2 amide bonds. The number of halogens is 1. The van der Waals surface area contributed by atoms with Crippen LogP contribution in [0, 0.1) is 12.3 Å². The first-order valence-electron chi connectivity index (χ1n) is 9.08. The number of hydrogen-bond donors (Lipinski definition) is 1. The predicted octanol–water partition coefficient (Wildman–Crippen LogP) is 2.48. The Morgan fingerprint density at radius 2 is 2.03 bits per heavy atom. The fourth-order valence-corrected chi connectivity index (χ4v) is 4.51. The van der Waals surface area contributed by atoms with Crippen molar-refractivity contribution in [2.75, 3.05) is 48.0 Å². The number of aryl methyl sites for hydroxylation is 1. The van der Waals surface area contributed by atoms with Crippen molar-refractivity contribution in [3.63, 3.8) is 0 Å². The Labute approximate surface area is 182 Å². The summed E-state index contributed by atoms with van der Waals surface area (Å²) in [6.45, 7) is 8.12. The van der Waals surface area contributed by atoms with E-state index in [0.717, 1.165) is 5.13 Å². The third-order valence-electron chi connectivity index (χ3n) is 4.37. The summed E-state index contributed by atoms with van der Waals surface area (Å²) in [7, 11) is 0. The van der Waals surface area contributed by atoms with E-state index in [2.05, 4.69) is 25.6 Å². The van der Waals surface area contributed by atoms with Gasteiger partial charge in [0, 0.05) is 38.1 Å². The largest absolute Gasteiger partial charge is 0.360 e. The van der Waals surface area contributed by atoms with Gasteiger partial charge in [0.2, 0.25) is 16.9 Å². The average Bonchev–Trinajstić information content (AvgIpc) is 3.35. The van der Waals surface area contributed by atoms with E-state index >= 15 is 0 Å². The first-order chi connectivity index (χ1) is 13.8. The van der Waals surface area contributed by atoms with E-state index in [-0.39, 0.29) is 17.6 Å². The molecule has 3 heterocycles. The highest BCUT2D eigenvalue weighted by Gasteiger charge is 2.33. The first-order valence-corrected chi connectivity index (χ1v) is 11.4. The van der Waals surface area contributed by atoms with E-state index in [1.54, 1.807) is 13.0 Å². The van der Waals surface area contributed by atoms with Crippen LogP contribution in [0.2, 0.25) is 0 Å². The summed E-state index contributed by atoms with van der Waals surface area (Å²) in [4.78, 5) is 28.5. The van der Waals surface area contributed by atoms with E-state index in [1.807, 2.05) is 18.7 Å². The summed E-state index contributed by atoms with van der Waals surface area (Å²) in [6.07, 6.45) is 0. The van der Waals surface area contributed by atoms with E-state index in [9.17, 15) is 9.59 Å². The summed E-state index contributed by atoms with van der Waals surface area (Å²) >= 11 is 8.68. The van der Waals surface area contributed by atoms with Crippen molar-refractivity contribution >= 4 is 57.5 Å². The summed E-state index contributed by atoms with van der Waals surface area (Å²) in [5.74, 6) is 1.43. The lowest BCUT2D eigenvalue weighted by Gasteiger charge is -2.37. The molecule has 1 aliphatic heterocycles. The van der Waals surface area contributed by atoms with Gasteiger partial charge in [0.15, 0.2) is 10.2 Å². The number of nitrogens with one attached hydrogen (secondary N) is 1. The molecule has 1 saturated heterocycles. The van der Waals surface area contributed by atoms with Crippen molar-refractivity contribution in [2.45, 2.75) is 25.1 Å². The zero-order valence-electron chi connectivity index (χ0n) is 16.5. The van der Waals surface area contributed by atoms with Gasteiger partial charge in [-0.05, 0) is 20.8 Å². The van der Waals surface area contributed by atoms with Crippen LogP contribution in [0.4, 0.5) is 10.9 Å². The smallest absolute Gasteiger partial charge is 0.236 e. The SMILES string of the molecule is Cc1cc(NC(=O)CSc2nnc(N3CCN(C(=O)C(C)(C)CCl)CC3)s2)no1. The highest BCUT2D eigenvalue weighted by Crippen LogP contribution is 2.29. The quantitative estimate of drug-likeness (QED) is 0.498. The van der Waals surface area contributed by atoms with Gasteiger partial charge in [-0.3, -0.25) is 9.59 Å². The second kappa shape index (κ2) is 9.31. The highest BCUT2D eigenvalue weighted by molar-refractivity contribution is 8.01. The molecule has 0 aromatic carbocycles. The van der Waals surface area contributed by atoms with E-state index in [4.69, 9.17) is 16.1 Å². The molecule has 1 N–H and O–H groups in total. The molecule has 29 heavy (non-hydrogen) atoms. The van der Waals surface area contributed by atoms with Crippen molar-refractivity contribution in [1.29, 1.82) is 0 Å². The molecular weight excluding hydrogens is 436 g/mol. The highest BCUT2D eigenvalue weighted by atomic mass is 35.5. The molecule has 0 radical (unpaired) electrons. The van der Waals surface area contributed by atoms with Crippen LogP contribution >= 0.6 is 34.7 Å². The third kappa shape index (κ3) is 5.61. The molecule has 0 saturated carbocycles. The fraction of sp³-hybridized carbons (Fsp3) is 0.588. The van der Waals surface area contributed by atoms with Crippen LogP contribution in [0.3, 0.4) is 0 Å². The molecule has 9 nitrogen and oxygen atoms in total. The van der Waals surface area contributed by atoms with E-state index in [0.29, 0.717) is 48.0 Å². The van der Waals surface area contributed by atoms with Crippen molar-refractivity contribution in [1.82, 2.24) is 20.3 Å². The van der Waals surface area contributed by atoms with Crippen LogP contribution < -0.4 is 10.2 Å². The predicted molar refractivity (Wildman–Crippen MR) is 114 cm³/mol. The van der Waals surface area contributed by atoms with E-state index < -0.39 is 5.41 Å². The summed E-state index contributed by atoms with van der Waals surface area (Å²) in [5, 5.41) is 15.6. The van der Waals surface area contributed by atoms with Crippen molar-refractivity contribution in [2.24, 2.45) is 5.41 Å². The third-order valence-corrected chi connectivity index (χ3v) is 7.15. The number of alkyl halides is 1. The molecule has 1 aliphatic rings. The molecule has 3 rings (SSSR count). The molecule has 2 aromatic rings. The minimum absolute atomic E-state index is 0.0778. The number of nitrogens with zero attached hydrogens (tertiary/aromatic N) is 5. The maximum atomic E-state index is 12.5. The Kier molecular flexibility index (Phi) is 7.01. The average molecular weight is 459 g/mol. The number of carbonyl (C=O) groups excluding carboxylic acids is 2. The van der Waals surface area contributed by atoms with Crippen LogP contribution in [-0.2, 0) is 9.59 Å². The molecule has 0 bridgehead atoms. The van der Waals surface area contributed by atoms with Gasteiger partial charge >= 0.3 is 0 Å². The Bertz CT molecular complexity index is 863. The standard InChI is InChI=1S/C17H23ClN6O3S2/c1-11-8-12(22-27-11)19-13(25)9-28-16-21-20-15(29-16)24-6-4-23(5-7-24)14(26)17(2,3)10-18/h8H,4-7,9-10H2,1-3H3,(H,19,22,25). The molecule has 0 aliphatic carbocycles. The van der Waals surface area contributed by atoms with Gasteiger partial charge in [-0.25, -0.2) is 0 Å². The van der Waals surface area contributed by atoms with Gasteiger partial charge in [0.25, 0.3) is 0 Å². The Hall–Kier alpha value is -1.85. The maximum Gasteiger partial charge on any atom is 0.236 e. The minimum atomic E-state index is -0.554. The zero-order valence-corrected chi connectivity index (χ0v) is 18.9. The van der Waals surface area contributed by atoms with Gasteiger partial charge < -0.3 is 19.6 Å². The fourth-order valence-electron chi connectivity index (χ4n) is 2.71. The molecular formula is C17H23ClN6O3S2. The molecule has 158 valence electrons. The van der Waals surface area contributed by atoms with Gasteiger partial charge in [0.05, 0.1) is 11.2 Å². The molecule has 0 spiro atoms. The first kappa shape index (κ1) is 21.8. The number of amides is 2. The lowest BCUT2D eigenvalue weighted by molar-refractivity contribution is -0.139. The molecule has 0 atom stereocenters. The number of rotatable bonds is 7. The van der Waals surface area contributed by atoms with Gasteiger partial charge in [0.1, 0.15) is 5.76 Å². The zero-order chi connectivity index (χ0) is 21.0. The van der Waals surface area contributed by atoms with Crippen molar-refractivity contribution in [3.05, 3.63) is 11.8 Å². The second-order valence-corrected chi connectivity index (χ2v) is 9.75. The van der Waals surface area contributed by atoms with Gasteiger partial charge in [-0.15, -0.1) is 21.8 Å². The number of thioether (sulfide) groups is 1.